The van der Waals surface area contributed by atoms with Crippen molar-refractivity contribution < 1.29 is 9.90 Å². The van der Waals surface area contributed by atoms with Crippen molar-refractivity contribution in [3.05, 3.63) is 45.7 Å². The molecule has 0 fully saturated rings. The number of carbonyl (C=O) groups is 1. The van der Waals surface area contributed by atoms with Crippen LogP contribution in [0.4, 0.5) is 0 Å². The van der Waals surface area contributed by atoms with Crippen LogP contribution in [0.25, 0.3) is 0 Å². The summed E-state index contributed by atoms with van der Waals surface area (Å²) in [5, 5.41) is 17.2. The Labute approximate surface area is 107 Å². The van der Waals surface area contributed by atoms with Gasteiger partial charge in [0.15, 0.2) is 0 Å². The van der Waals surface area contributed by atoms with Crippen LogP contribution < -0.4 is 5.73 Å². The summed E-state index contributed by atoms with van der Waals surface area (Å²) < 4.78 is 0. The van der Waals surface area contributed by atoms with Crippen LogP contribution in [0.1, 0.15) is 40.9 Å². The highest BCUT2D eigenvalue weighted by Gasteiger charge is 2.14. The number of carboxylic acids is 1. The van der Waals surface area contributed by atoms with E-state index in [4.69, 9.17) is 16.2 Å². The number of aryl methyl sites for hydroxylation is 2. The van der Waals surface area contributed by atoms with Gasteiger partial charge in [-0.3, -0.25) is 5.41 Å². The van der Waals surface area contributed by atoms with Crippen LogP contribution in [0.5, 0.6) is 0 Å². The molecule has 0 heterocycles. The lowest BCUT2D eigenvalue weighted by Crippen LogP contribution is -2.11. The van der Waals surface area contributed by atoms with E-state index >= 15 is 0 Å². The predicted molar refractivity (Wildman–Crippen MR) is 72.3 cm³/mol. The molecule has 0 atom stereocenters. The van der Waals surface area contributed by atoms with Crippen molar-refractivity contribution in [1.82, 2.24) is 0 Å². The zero-order chi connectivity index (χ0) is 14.0. The van der Waals surface area contributed by atoms with Crippen LogP contribution in [0.3, 0.4) is 0 Å². The van der Waals surface area contributed by atoms with E-state index < -0.39 is 5.97 Å². The molecule has 0 aliphatic heterocycles. The first-order valence-electron chi connectivity index (χ1n) is 5.62. The lowest BCUT2D eigenvalue weighted by Gasteiger charge is -2.12. The maximum Gasteiger partial charge on any atom is 0.335 e. The zero-order valence-corrected chi connectivity index (χ0v) is 11.1. The number of nitrogens with one attached hydrogen (secondary N) is 1. The molecule has 0 saturated carbocycles. The van der Waals surface area contributed by atoms with Crippen molar-refractivity contribution >= 4 is 11.7 Å². The van der Waals surface area contributed by atoms with E-state index in [9.17, 15) is 4.79 Å². The van der Waals surface area contributed by atoms with Gasteiger partial charge in [-0.2, -0.15) is 0 Å². The summed E-state index contributed by atoms with van der Waals surface area (Å²) in [6.45, 7) is 7.10. The van der Waals surface area contributed by atoms with Gasteiger partial charge in [-0.25, -0.2) is 4.79 Å². The number of hydrogen-bond donors (Lipinski definition) is 3. The summed E-state index contributed by atoms with van der Waals surface area (Å²) in [6.07, 6.45) is 0. The Kier molecular flexibility index (Phi) is 3.91. The smallest absolute Gasteiger partial charge is 0.335 e. The number of carboxylic acid groups (broad SMARTS) is 1. The van der Waals surface area contributed by atoms with Crippen molar-refractivity contribution in [3.8, 4) is 0 Å². The van der Waals surface area contributed by atoms with Crippen LogP contribution in [0.2, 0.25) is 0 Å². The van der Waals surface area contributed by atoms with E-state index in [0.717, 1.165) is 5.56 Å². The molecule has 0 aromatic heterocycles. The molecule has 0 aliphatic rings. The number of benzene rings is 1. The van der Waals surface area contributed by atoms with Crippen molar-refractivity contribution in [1.29, 1.82) is 5.41 Å². The first kappa shape index (κ1) is 14.0. The van der Waals surface area contributed by atoms with Crippen molar-refractivity contribution in [2.24, 2.45) is 5.73 Å². The van der Waals surface area contributed by atoms with Crippen molar-refractivity contribution in [3.63, 3.8) is 0 Å². The highest BCUT2D eigenvalue weighted by Crippen LogP contribution is 2.19. The number of aromatic carboxylic acids is 1. The van der Waals surface area contributed by atoms with Gasteiger partial charge >= 0.3 is 5.97 Å². The van der Waals surface area contributed by atoms with E-state index in [2.05, 4.69) is 0 Å². The summed E-state index contributed by atoms with van der Waals surface area (Å²) in [5.41, 5.74) is 9.59. The Hall–Kier alpha value is -2.10. The van der Waals surface area contributed by atoms with Crippen molar-refractivity contribution in [2.75, 3.05) is 0 Å². The third-order valence-corrected chi connectivity index (χ3v) is 3.04. The second-order valence-corrected chi connectivity index (χ2v) is 4.47. The van der Waals surface area contributed by atoms with Gasteiger partial charge in [-0.05, 0) is 50.5 Å². The second-order valence-electron chi connectivity index (χ2n) is 4.47. The molecule has 0 spiro atoms. The Bertz CT molecular complexity index is 553. The molecular weight excluding hydrogens is 228 g/mol. The summed E-state index contributed by atoms with van der Waals surface area (Å²) in [4.78, 5) is 11.1. The normalized spacial score (nSPS) is 12.0. The van der Waals surface area contributed by atoms with Gasteiger partial charge in [-0.15, -0.1) is 0 Å². The topological polar surface area (TPSA) is 87.2 Å². The molecular formula is C14H18N2O2. The minimum absolute atomic E-state index is 0.225. The van der Waals surface area contributed by atoms with Gasteiger partial charge < -0.3 is 10.8 Å². The zero-order valence-electron chi connectivity index (χ0n) is 11.1. The average molecular weight is 246 g/mol. The molecule has 0 aliphatic carbocycles. The maximum atomic E-state index is 11.1. The monoisotopic (exact) mass is 246 g/mol. The van der Waals surface area contributed by atoms with E-state index in [1.807, 2.05) is 6.92 Å². The second kappa shape index (κ2) is 5.04. The molecule has 0 radical (unpaired) electrons. The maximum absolute atomic E-state index is 11.1. The lowest BCUT2D eigenvalue weighted by atomic mass is 9.93. The lowest BCUT2D eigenvalue weighted by molar-refractivity contribution is 0.0696. The van der Waals surface area contributed by atoms with Crippen LogP contribution in [-0.2, 0) is 0 Å². The first-order chi connectivity index (χ1) is 8.25. The molecule has 4 heteroatoms. The molecule has 0 bridgehead atoms. The van der Waals surface area contributed by atoms with Gasteiger partial charge in [0.25, 0.3) is 0 Å². The fourth-order valence-corrected chi connectivity index (χ4v) is 1.75. The van der Waals surface area contributed by atoms with Crippen LogP contribution >= 0.6 is 0 Å². The minimum Gasteiger partial charge on any atom is -0.478 e. The van der Waals surface area contributed by atoms with E-state index in [1.165, 1.54) is 0 Å². The number of rotatable bonds is 3. The molecule has 4 N–H and O–H groups in total. The minimum atomic E-state index is -0.979. The molecule has 0 amide bonds. The Morgan fingerprint density at radius 1 is 1.17 bits per heavy atom. The molecule has 18 heavy (non-hydrogen) atoms. The Morgan fingerprint density at radius 3 is 2.11 bits per heavy atom. The summed E-state index contributed by atoms with van der Waals surface area (Å²) in [5.74, 6) is -0.979. The largest absolute Gasteiger partial charge is 0.478 e. The fourth-order valence-electron chi connectivity index (χ4n) is 1.75. The van der Waals surface area contributed by atoms with Crippen LogP contribution in [-0.4, -0.2) is 16.8 Å². The number of nitrogens with two attached hydrogens (primary N) is 1. The molecule has 1 aromatic carbocycles. The summed E-state index contributed by atoms with van der Waals surface area (Å²) in [6, 6.07) is 3.33. The molecule has 1 rings (SSSR count). The van der Waals surface area contributed by atoms with Crippen LogP contribution in [0, 0.1) is 19.3 Å². The SMILES string of the molecule is C/C(N)=C(\C)C(=N)c1cc(C(=O)O)c(C)cc1C. The van der Waals surface area contributed by atoms with Gasteiger partial charge in [0.05, 0.1) is 11.3 Å². The van der Waals surface area contributed by atoms with E-state index in [-0.39, 0.29) is 11.3 Å². The highest BCUT2D eigenvalue weighted by molar-refractivity contribution is 6.12. The number of hydrogen-bond acceptors (Lipinski definition) is 3. The molecule has 1 aromatic rings. The number of allylic oxidation sites excluding steroid dienone is 2. The van der Waals surface area contributed by atoms with E-state index in [0.29, 0.717) is 22.4 Å². The van der Waals surface area contributed by atoms with Gasteiger partial charge in [0.1, 0.15) is 0 Å². The third-order valence-electron chi connectivity index (χ3n) is 3.04. The Morgan fingerprint density at radius 2 is 1.67 bits per heavy atom. The molecule has 96 valence electrons. The van der Waals surface area contributed by atoms with Gasteiger partial charge in [0, 0.05) is 11.3 Å². The van der Waals surface area contributed by atoms with Crippen LogP contribution in [0.15, 0.2) is 23.4 Å². The Balaban J connectivity index is 3.43. The van der Waals surface area contributed by atoms with Gasteiger partial charge in [-0.1, -0.05) is 6.07 Å². The fraction of sp³-hybridized carbons (Fsp3) is 0.286. The quantitative estimate of drug-likeness (QED) is 0.716. The highest BCUT2D eigenvalue weighted by atomic mass is 16.4. The van der Waals surface area contributed by atoms with Crippen molar-refractivity contribution in [2.45, 2.75) is 27.7 Å². The third kappa shape index (κ3) is 2.59. The molecule has 4 nitrogen and oxygen atoms in total. The molecule has 0 unspecified atom stereocenters. The summed E-state index contributed by atoms with van der Waals surface area (Å²) in [7, 11) is 0. The predicted octanol–water partition coefficient (Wildman–Crippen LogP) is 2.62. The van der Waals surface area contributed by atoms with Gasteiger partial charge in [0.2, 0.25) is 0 Å². The standard InChI is InChI=1S/C14H18N2O2/c1-7-5-8(2)12(14(17)18)6-11(7)13(16)9(3)10(4)15/h5-6,16H,15H2,1-4H3,(H,17,18)/b10-9-,16-13?. The first-order valence-corrected chi connectivity index (χ1v) is 5.62. The van der Waals surface area contributed by atoms with E-state index in [1.54, 1.807) is 32.9 Å². The average Bonchev–Trinajstić information content (AvgIpc) is 2.26. The summed E-state index contributed by atoms with van der Waals surface area (Å²) >= 11 is 0. The molecule has 0 saturated heterocycles.